The minimum absolute atomic E-state index is 0.254. The lowest BCUT2D eigenvalue weighted by Crippen LogP contribution is -2.60. The molecule has 0 radical (unpaired) electrons. The van der Waals surface area contributed by atoms with Crippen LogP contribution in [-0.4, -0.2) is 93.7 Å². The van der Waals surface area contributed by atoms with Crippen LogP contribution in [0.2, 0.25) is 0 Å². The Morgan fingerprint density at radius 1 is 0.593 bits per heavy atom. The molecular formula is C44H87NO9. The Labute approximate surface area is 330 Å². The average molecular weight is 774 g/mol. The summed E-state index contributed by atoms with van der Waals surface area (Å²) in [5.41, 5.74) is 6.30. The van der Waals surface area contributed by atoms with Crippen molar-refractivity contribution in [3.63, 3.8) is 0 Å². The van der Waals surface area contributed by atoms with E-state index >= 15 is 0 Å². The standard InChI is InChI=1S/C44H87NO9/c1-3-5-7-9-11-13-15-17-18-19-20-21-23-25-27-29-31-33-39(47)53-37(32-30-28-26-24-22-16-14-12-10-8-6-4-2)40(48)36(45)35-52-44-43(51)42(50)41(49)38(34-46)54-44/h36-38,40-44,46,48-51H,3-35,45H2,1-2H3/t36-,37+,38?,40-,41-,42-,43?,44-/m0/s1. The van der Waals surface area contributed by atoms with Crippen molar-refractivity contribution < 1.29 is 44.5 Å². The number of rotatable bonds is 38. The highest BCUT2D eigenvalue weighted by atomic mass is 16.7. The van der Waals surface area contributed by atoms with E-state index in [9.17, 15) is 30.3 Å². The zero-order chi connectivity index (χ0) is 39.7. The third-order valence-electron chi connectivity index (χ3n) is 11.2. The summed E-state index contributed by atoms with van der Waals surface area (Å²) >= 11 is 0. The third-order valence-corrected chi connectivity index (χ3v) is 11.2. The van der Waals surface area contributed by atoms with Gasteiger partial charge in [-0.15, -0.1) is 0 Å². The molecule has 7 N–H and O–H groups in total. The maximum Gasteiger partial charge on any atom is 0.306 e. The van der Waals surface area contributed by atoms with Gasteiger partial charge < -0.3 is 45.5 Å². The molecule has 0 aromatic carbocycles. The van der Waals surface area contributed by atoms with E-state index in [1.165, 1.54) is 148 Å². The van der Waals surface area contributed by atoms with Crippen molar-refractivity contribution in [1.82, 2.24) is 0 Å². The van der Waals surface area contributed by atoms with Gasteiger partial charge in [0.1, 0.15) is 36.6 Å². The van der Waals surface area contributed by atoms with Gasteiger partial charge in [-0.05, 0) is 19.3 Å². The second-order valence-corrected chi connectivity index (χ2v) is 16.3. The van der Waals surface area contributed by atoms with E-state index in [-0.39, 0.29) is 12.6 Å². The Bertz CT molecular complexity index is 834. The number of unbranched alkanes of at least 4 members (excludes halogenated alkanes) is 27. The van der Waals surface area contributed by atoms with E-state index in [1.807, 2.05) is 0 Å². The van der Waals surface area contributed by atoms with Crippen molar-refractivity contribution >= 4 is 5.97 Å². The molecule has 54 heavy (non-hydrogen) atoms. The summed E-state index contributed by atoms with van der Waals surface area (Å²) in [7, 11) is 0. The molecule has 0 saturated carbocycles. The van der Waals surface area contributed by atoms with Gasteiger partial charge in [-0.2, -0.15) is 0 Å². The lowest BCUT2D eigenvalue weighted by atomic mass is 9.98. The fraction of sp³-hybridized carbons (Fsp3) is 0.977. The number of hydrogen-bond donors (Lipinski definition) is 6. The smallest absolute Gasteiger partial charge is 0.306 e. The van der Waals surface area contributed by atoms with Crippen LogP contribution in [-0.2, 0) is 19.0 Å². The molecule has 1 rings (SSSR count). The number of nitrogens with two attached hydrogens (primary N) is 1. The van der Waals surface area contributed by atoms with Crippen LogP contribution in [0, 0.1) is 0 Å². The third kappa shape index (κ3) is 25.4. The first-order valence-electron chi connectivity index (χ1n) is 22.8. The zero-order valence-corrected chi connectivity index (χ0v) is 34.9. The van der Waals surface area contributed by atoms with Gasteiger partial charge in [0.05, 0.1) is 19.3 Å². The van der Waals surface area contributed by atoms with E-state index in [2.05, 4.69) is 13.8 Å². The molecular weight excluding hydrogens is 686 g/mol. The topological polar surface area (TPSA) is 172 Å². The Hall–Kier alpha value is -0.850. The minimum Gasteiger partial charge on any atom is -0.460 e. The average Bonchev–Trinajstić information content (AvgIpc) is 3.17. The van der Waals surface area contributed by atoms with E-state index in [0.717, 1.165) is 38.5 Å². The minimum atomic E-state index is -1.57. The molecule has 10 heteroatoms. The van der Waals surface area contributed by atoms with Gasteiger partial charge in [-0.25, -0.2) is 0 Å². The predicted molar refractivity (Wildman–Crippen MR) is 218 cm³/mol. The number of aliphatic hydroxyl groups is 5. The van der Waals surface area contributed by atoms with Gasteiger partial charge in [0, 0.05) is 6.42 Å². The Morgan fingerprint density at radius 3 is 1.39 bits per heavy atom. The first-order valence-corrected chi connectivity index (χ1v) is 22.8. The van der Waals surface area contributed by atoms with Gasteiger partial charge in [0.2, 0.25) is 0 Å². The number of carbonyl (C=O) groups excluding carboxylic acids is 1. The highest BCUT2D eigenvalue weighted by molar-refractivity contribution is 5.69. The molecule has 0 aromatic rings. The molecule has 2 unspecified atom stereocenters. The predicted octanol–water partition coefficient (Wildman–Crippen LogP) is 8.54. The van der Waals surface area contributed by atoms with Crippen LogP contribution in [0.4, 0.5) is 0 Å². The second-order valence-electron chi connectivity index (χ2n) is 16.3. The van der Waals surface area contributed by atoms with E-state index in [0.29, 0.717) is 12.8 Å². The van der Waals surface area contributed by atoms with E-state index in [1.54, 1.807) is 0 Å². The largest absolute Gasteiger partial charge is 0.460 e. The molecule has 1 fully saturated rings. The Morgan fingerprint density at radius 2 is 0.981 bits per heavy atom. The maximum absolute atomic E-state index is 12.9. The van der Waals surface area contributed by atoms with Crippen molar-refractivity contribution in [3.05, 3.63) is 0 Å². The number of ether oxygens (including phenoxy) is 3. The molecule has 0 amide bonds. The molecule has 1 heterocycles. The highest BCUT2D eigenvalue weighted by Crippen LogP contribution is 2.23. The summed E-state index contributed by atoms with van der Waals surface area (Å²) in [6.45, 7) is 3.68. The molecule has 1 aliphatic rings. The number of carbonyl (C=O) groups is 1. The molecule has 10 nitrogen and oxygen atoms in total. The van der Waals surface area contributed by atoms with Gasteiger partial charge in [0.25, 0.3) is 0 Å². The van der Waals surface area contributed by atoms with Crippen molar-refractivity contribution in [1.29, 1.82) is 0 Å². The van der Waals surface area contributed by atoms with Crippen LogP contribution >= 0.6 is 0 Å². The van der Waals surface area contributed by atoms with Crippen LogP contribution in [0.1, 0.15) is 213 Å². The first kappa shape index (κ1) is 51.2. The second kappa shape index (κ2) is 35.3. The Balaban J connectivity index is 2.38. The first-order chi connectivity index (χ1) is 26.3. The number of aliphatic hydroxyl groups excluding tert-OH is 5. The highest BCUT2D eigenvalue weighted by Gasteiger charge is 2.44. The summed E-state index contributed by atoms with van der Waals surface area (Å²) in [6.07, 6.45) is 27.8. The Kier molecular flexibility index (Phi) is 33.5. The summed E-state index contributed by atoms with van der Waals surface area (Å²) in [4.78, 5) is 12.9. The van der Waals surface area contributed by atoms with E-state index in [4.69, 9.17) is 19.9 Å². The fourth-order valence-electron chi connectivity index (χ4n) is 7.49. The van der Waals surface area contributed by atoms with Crippen LogP contribution < -0.4 is 5.73 Å². The summed E-state index contributed by atoms with van der Waals surface area (Å²) < 4.78 is 16.8. The molecule has 8 atom stereocenters. The summed E-state index contributed by atoms with van der Waals surface area (Å²) in [5, 5.41) is 51.1. The normalized spacial score (nSPS) is 22.0. The molecule has 322 valence electrons. The van der Waals surface area contributed by atoms with Gasteiger partial charge in [-0.3, -0.25) is 4.79 Å². The monoisotopic (exact) mass is 774 g/mol. The van der Waals surface area contributed by atoms with Crippen LogP contribution in [0.3, 0.4) is 0 Å². The lowest BCUT2D eigenvalue weighted by molar-refractivity contribution is -0.302. The van der Waals surface area contributed by atoms with Crippen molar-refractivity contribution in [3.8, 4) is 0 Å². The van der Waals surface area contributed by atoms with Gasteiger partial charge in [-0.1, -0.05) is 187 Å². The molecule has 1 aliphatic heterocycles. The van der Waals surface area contributed by atoms with Gasteiger partial charge in [0.15, 0.2) is 6.29 Å². The van der Waals surface area contributed by atoms with Crippen LogP contribution in [0.5, 0.6) is 0 Å². The summed E-state index contributed by atoms with van der Waals surface area (Å²) in [5.74, 6) is -0.332. The molecule has 0 bridgehead atoms. The van der Waals surface area contributed by atoms with Gasteiger partial charge >= 0.3 is 5.97 Å². The van der Waals surface area contributed by atoms with Crippen molar-refractivity contribution in [2.75, 3.05) is 13.2 Å². The van der Waals surface area contributed by atoms with Crippen molar-refractivity contribution in [2.24, 2.45) is 5.73 Å². The maximum atomic E-state index is 12.9. The number of hydrogen-bond acceptors (Lipinski definition) is 10. The molecule has 0 aromatic heterocycles. The molecule has 1 saturated heterocycles. The van der Waals surface area contributed by atoms with Crippen LogP contribution in [0.15, 0.2) is 0 Å². The quantitative estimate of drug-likeness (QED) is 0.0264. The van der Waals surface area contributed by atoms with E-state index < -0.39 is 55.6 Å². The zero-order valence-electron chi connectivity index (χ0n) is 34.9. The lowest BCUT2D eigenvalue weighted by Gasteiger charge is -2.40. The van der Waals surface area contributed by atoms with Crippen LogP contribution in [0.25, 0.3) is 0 Å². The molecule has 0 spiro atoms. The number of esters is 1. The SMILES string of the molecule is CCCCCCCCCCCCCCCCCCCC(=O)O[C@H](CCCCCCCCCCCCCC)[C@@H](O)[C@@H](N)CO[C@H]1OC(CO)[C@H](O)[C@H](O)C1O. The summed E-state index contributed by atoms with van der Waals surface area (Å²) in [6, 6.07) is -0.965. The molecule has 0 aliphatic carbocycles. The van der Waals surface area contributed by atoms with Crippen molar-refractivity contribution in [2.45, 2.75) is 262 Å². The fourth-order valence-corrected chi connectivity index (χ4v) is 7.49.